The van der Waals surface area contributed by atoms with Crippen LogP contribution in [0.25, 0.3) is 0 Å². The molecule has 2 aromatic rings. The van der Waals surface area contributed by atoms with Crippen molar-refractivity contribution in [2.45, 2.75) is 30.7 Å². The van der Waals surface area contributed by atoms with E-state index in [1.807, 2.05) is 37.3 Å². The van der Waals surface area contributed by atoms with Crippen LogP contribution >= 0.6 is 0 Å². The molecule has 1 heterocycles. The van der Waals surface area contributed by atoms with Crippen LogP contribution in [-0.4, -0.2) is 43.9 Å². The maximum absolute atomic E-state index is 12.8. The summed E-state index contributed by atoms with van der Waals surface area (Å²) in [5.41, 5.74) is 1.07. The second-order valence-corrected chi connectivity index (χ2v) is 8.79. The van der Waals surface area contributed by atoms with E-state index < -0.39 is 14.9 Å². The van der Waals surface area contributed by atoms with Gasteiger partial charge in [0.25, 0.3) is 5.69 Å². The molecule has 1 atom stereocenters. The Morgan fingerprint density at radius 3 is 2.48 bits per heavy atom. The van der Waals surface area contributed by atoms with E-state index in [0.29, 0.717) is 18.9 Å². The topological polar surface area (TPSA) is 102 Å². The zero-order chi connectivity index (χ0) is 20.9. The molecule has 3 rings (SSSR count). The number of rotatable bonds is 8. The normalized spacial score (nSPS) is 16.3. The fourth-order valence-corrected chi connectivity index (χ4v) is 4.79. The number of morpholine rings is 1. The molecule has 0 aliphatic carbocycles. The predicted octanol–water partition coefficient (Wildman–Crippen LogP) is 3.57. The number of nitro benzene ring substituents is 1. The smallest absolute Gasteiger partial charge is 0.293 e. The van der Waals surface area contributed by atoms with Crippen LogP contribution in [0.2, 0.25) is 0 Å². The zero-order valence-corrected chi connectivity index (χ0v) is 17.1. The summed E-state index contributed by atoms with van der Waals surface area (Å²) in [6, 6.07) is 13.6. The number of benzene rings is 2. The number of ether oxygens (including phenoxy) is 1. The summed E-state index contributed by atoms with van der Waals surface area (Å²) < 4.78 is 32.2. The molecular weight excluding hydrogens is 394 g/mol. The lowest BCUT2D eigenvalue weighted by atomic mass is 10.0. The summed E-state index contributed by atoms with van der Waals surface area (Å²) >= 11 is 0. The molecule has 1 fully saturated rings. The molecule has 29 heavy (non-hydrogen) atoms. The van der Waals surface area contributed by atoms with E-state index in [2.05, 4.69) is 5.32 Å². The van der Waals surface area contributed by atoms with E-state index in [4.69, 9.17) is 4.74 Å². The van der Waals surface area contributed by atoms with Crippen LogP contribution in [0.3, 0.4) is 0 Å². The molecule has 0 bridgehead atoms. The van der Waals surface area contributed by atoms with Crippen molar-refractivity contribution in [3.05, 3.63) is 64.2 Å². The Kier molecular flexibility index (Phi) is 6.83. The maximum Gasteiger partial charge on any atom is 0.293 e. The van der Waals surface area contributed by atoms with Crippen molar-refractivity contribution < 1.29 is 18.1 Å². The molecular formula is C20H25N3O5S. The minimum Gasteiger partial charge on any atom is -0.379 e. The van der Waals surface area contributed by atoms with Gasteiger partial charge in [0.15, 0.2) is 0 Å². The molecule has 0 aromatic heterocycles. The summed E-state index contributed by atoms with van der Waals surface area (Å²) in [6.45, 7) is 3.16. The first-order chi connectivity index (χ1) is 13.9. The second-order valence-electron chi connectivity index (χ2n) is 6.85. The summed E-state index contributed by atoms with van der Waals surface area (Å²) in [5, 5.41) is 14.9. The van der Waals surface area contributed by atoms with Gasteiger partial charge in [0.1, 0.15) is 5.69 Å². The quantitative estimate of drug-likeness (QED) is 0.518. The molecule has 1 unspecified atom stereocenters. The molecule has 156 valence electrons. The lowest BCUT2D eigenvalue weighted by Gasteiger charge is -2.26. The van der Waals surface area contributed by atoms with E-state index in [1.54, 1.807) is 0 Å². The first-order valence-corrected chi connectivity index (χ1v) is 11.1. The number of nitrogens with zero attached hydrogens (tertiary/aromatic N) is 2. The van der Waals surface area contributed by atoms with Crippen LogP contribution in [0.5, 0.6) is 0 Å². The monoisotopic (exact) mass is 419 g/mol. The van der Waals surface area contributed by atoms with Gasteiger partial charge < -0.3 is 10.1 Å². The van der Waals surface area contributed by atoms with Gasteiger partial charge in [0.05, 0.1) is 29.1 Å². The Morgan fingerprint density at radius 1 is 1.17 bits per heavy atom. The van der Waals surface area contributed by atoms with Gasteiger partial charge in [-0.2, -0.15) is 4.31 Å². The molecule has 0 radical (unpaired) electrons. The van der Waals surface area contributed by atoms with Crippen LogP contribution in [0.1, 0.15) is 31.4 Å². The first kappa shape index (κ1) is 21.2. The molecule has 8 nitrogen and oxygen atoms in total. The Balaban J connectivity index is 1.92. The lowest BCUT2D eigenvalue weighted by Crippen LogP contribution is -2.40. The van der Waals surface area contributed by atoms with Crippen molar-refractivity contribution in [1.82, 2.24) is 4.31 Å². The molecule has 0 amide bonds. The van der Waals surface area contributed by atoms with E-state index in [-0.39, 0.29) is 29.7 Å². The standard InChI is InChI=1S/C20H25N3O5S/c1-2-6-18(16-7-4-3-5-8-16)21-19-10-9-17(15-20(19)23(24)25)29(26,27)22-11-13-28-14-12-22/h3-5,7-10,15,18,21H,2,6,11-14H2,1H3. The average Bonchev–Trinajstić information content (AvgIpc) is 2.74. The van der Waals surface area contributed by atoms with Gasteiger partial charge in [-0.3, -0.25) is 10.1 Å². The molecule has 1 N–H and O–H groups in total. The highest BCUT2D eigenvalue weighted by Crippen LogP contribution is 2.33. The predicted molar refractivity (Wildman–Crippen MR) is 110 cm³/mol. The van der Waals surface area contributed by atoms with Crippen molar-refractivity contribution in [2.24, 2.45) is 0 Å². The summed E-state index contributed by atoms with van der Waals surface area (Å²) in [4.78, 5) is 11.1. The van der Waals surface area contributed by atoms with Gasteiger partial charge >= 0.3 is 0 Å². The number of hydrogen-bond acceptors (Lipinski definition) is 6. The number of nitro groups is 1. The van der Waals surface area contributed by atoms with Gasteiger partial charge in [-0.05, 0) is 24.1 Å². The highest BCUT2D eigenvalue weighted by atomic mass is 32.2. The number of anilines is 1. The van der Waals surface area contributed by atoms with Gasteiger partial charge in [0, 0.05) is 19.2 Å². The van der Waals surface area contributed by atoms with Gasteiger partial charge in [-0.1, -0.05) is 43.7 Å². The molecule has 9 heteroatoms. The fourth-order valence-electron chi connectivity index (χ4n) is 3.36. The van der Waals surface area contributed by atoms with Gasteiger partial charge in [-0.25, -0.2) is 8.42 Å². The van der Waals surface area contributed by atoms with Crippen molar-refractivity contribution in [3.8, 4) is 0 Å². The number of sulfonamides is 1. The molecule has 0 saturated carbocycles. The Labute approximate surface area is 170 Å². The largest absolute Gasteiger partial charge is 0.379 e. The van der Waals surface area contributed by atoms with E-state index >= 15 is 0 Å². The van der Waals surface area contributed by atoms with Crippen LogP contribution in [0, 0.1) is 10.1 Å². The van der Waals surface area contributed by atoms with Crippen molar-refractivity contribution in [2.75, 3.05) is 31.6 Å². The number of nitrogens with one attached hydrogen (secondary N) is 1. The molecule has 1 saturated heterocycles. The number of hydrogen-bond donors (Lipinski definition) is 1. The van der Waals surface area contributed by atoms with E-state index in [0.717, 1.165) is 24.5 Å². The van der Waals surface area contributed by atoms with Gasteiger partial charge in [-0.15, -0.1) is 0 Å². The first-order valence-electron chi connectivity index (χ1n) is 9.61. The fraction of sp³-hybridized carbons (Fsp3) is 0.400. The summed E-state index contributed by atoms with van der Waals surface area (Å²) in [6.07, 6.45) is 1.68. The van der Waals surface area contributed by atoms with Crippen molar-refractivity contribution in [1.29, 1.82) is 0 Å². The highest BCUT2D eigenvalue weighted by molar-refractivity contribution is 7.89. The van der Waals surface area contributed by atoms with E-state index in [1.165, 1.54) is 16.4 Å². The van der Waals surface area contributed by atoms with Crippen LogP contribution < -0.4 is 5.32 Å². The lowest BCUT2D eigenvalue weighted by molar-refractivity contribution is -0.384. The minimum atomic E-state index is -3.80. The van der Waals surface area contributed by atoms with Crippen molar-refractivity contribution in [3.63, 3.8) is 0 Å². The molecule has 2 aromatic carbocycles. The third-order valence-corrected chi connectivity index (χ3v) is 6.78. The third-order valence-electron chi connectivity index (χ3n) is 4.88. The summed E-state index contributed by atoms with van der Waals surface area (Å²) in [7, 11) is -3.80. The van der Waals surface area contributed by atoms with Crippen LogP contribution in [0.4, 0.5) is 11.4 Å². The minimum absolute atomic E-state index is 0.0802. The van der Waals surface area contributed by atoms with E-state index in [9.17, 15) is 18.5 Å². The molecule has 0 spiro atoms. The average molecular weight is 420 g/mol. The Hall–Kier alpha value is -2.49. The molecule has 1 aliphatic heterocycles. The van der Waals surface area contributed by atoms with Crippen LogP contribution in [0.15, 0.2) is 53.4 Å². The maximum atomic E-state index is 12.8. The zero-order valence-electron chi connectivity index (χ0n) is 16.3. The Morgan fingerprint density at radius 2 is 1.86 bits per heavy atom. The molecule has 1 aliphatic rings. The second kappa shape index (κ2) is 9.34. The van der Waals surface area contributed by atoms with Gasteiger partial charge in [0.2, 0.25) is 10.0 Å². The SMILES string of the molecule is CCCC(Nc1ccc(S(=O)(=O)N2CCOCC2)cc1[N+](=O)[O-])c1ccccc1. The Bertz CT molecular complexity index is 944. The van der Waals surface area contributed by atoms with Crippen LogP contribution in [-0.2, 0) is 14.8 Å². The van der Waals surface area contributed by atoms with Crippen molar-refractivity contribution >= 4 is 21.4 Å². The summed E-state index contributed by atoms with van der Waals surface area (Å²) in [5.74, 6) is 0. The highest BCUT2D eigenvalue weighted by Gasteiger charge is 2.29. The third kappa shape index (κ3) is 4.92.